The molecule has 4 heteroatoms. The van der Waals surface area contributed by atoms with E-state index in [0.717, 1.165) is 47.9 Å². The van der Waals surface area contributed by atoms with E-state index in [9.17, 15) is 9.59 Å². The summed E-state index contributed by atoms with van der Waals surface area (Å²) in [5, 5.41) is 0. The van der Waals surface area contributed by atoms with E-state index in [1.165, 1.54) is 25.7 Å². The summed E-state index contributed by atoms with van der Waals surface area (Å²) in [4.78, 5) is 26.7. The van der Waals surface area contributed by atoms with Crippen LogP contribution in [0.1, 0.15) is 118 Å². The van der Waals surface area contributed by atoms with Gasteiger partial charge < -0.3 is 9.47 Å². The van der Waals surface area contributed by atoms with Crippen LogP contribution in [0.5, 0.6) is 11.5 Å². The van der Waals surface area contributed by atoms with Gasteiger partial charge in [0.15, 0.2) is 0 Å². The zero-order valence-electron chi connectivity index (χ0n) is 27.9. The maximum absolute atomic E-state index is 13.4. The van der Waals surface area contributed by atoms with Crippen LogP contribution in [-0.2, 0) is 15.0 Å². The van der Waals surface area contributed by atoms with Crippen molar-refractivity contribution in [3.63, 3.8) is 0 Å². The van der Waals surface area contributed by atoms with Crippen molar-refractivity contribution in [2.45, 2.75) is 112 Å². The zero-order chi connectivity index (χ0) is 31.1. The molecular formula is C39H54O4. The lowest BCUT2D eigenvalue weighted by atomic mass is 9.67. The van der Waals surface area contributed by atoms with Gasteiger partial charge in [-0.05, 0) is 108 Å². The van der Waals surface area contributed by atoms with Crippen molar-refractivity contribution in [3.8, 4) is 22.6 Å². The van der Waals surface area contributed by atoms with E-state index in [0.29, 0.717) is 47.0 Å². The average molecular weight is 587 g/mol. The molecule has 0 aromatic heterocycles. The molecule has 2 aromatic rings. The van der Waals surface area contributed by atoms with Crippen LogP contribution < -0.4 is 9.47 Å². The lowest BCUT2D eigenvalue weighted by Crippen LogP contribution is -2.37. The molecule has 234 valence electrons. The highest BCUT2D eigenvalue weighted by Gasteiger charge is 2.41. The van der Waals surface area contributed by atoms with Crippen LogP contribution in [0.4, 0.5) is 0 Å². The third-order valence-electron chi connectivity index (χ3n) is 12.1. The molecule has 0 saturated heterocycles. The summed E-state index contributed by atoms with van der Waals surface area (Å²) in [7, 11) is 0. The summed E-state index contributed by atoms with van der Waals surface area (Å²) in [6.07, 6.45) is 8.93. The van der Waals surface area contributed by atoms with Gasteiger partial charge >= 0.3 is 11.9 Å². The number of hydrogen-bond acceptors (Lipinski definition) is 4. The molecule has 43 heavy (non-hydrogen) atoms. The van der Waals surface area contributed by atoms with E-state index in [-0.39, 0.29) is 29.2 Å². The second-order valence-electron chi connectivity index (χ2n) is 14.8. The van der Waals surface area contributed by atoms with Gasteiger partial charge in [0, 0.05) is 5.41 Å². The molecule has 8 unspecified atom stereocenters. The quantitative estimate of drug-likeness (QED) is 0.228. The Hall–Kier alpha value is -2.62. The molecule has 2 aromatic carbocycles. The molecule has 0 N–H and O–H groups in total. The molecule has 0 bridgehead atoms. The molecule has 0 radical (unpaired) electrons. The van der Waals surface area contributed by atoms with Gasteiger partial charge in [-0.3, -0.25) is 9.59 Å². The fourth-order valence-corrected chi connectivity index (χ4v) is 8.86. The Balaban J connectivity index is 1.28. The Morgan fingerprint density at radius 3 is 1.42 bits per heavy atom. The minimum atomic E-state index is -0.310. The first-order valence-corrected chi connectivity index (χ1v) is 17.2. The summed E-state index contributed by atoms with van der Waals surface area (Å²) in [5.74, 6) is 4.09. The Bertz CT molecular complexity index is 1230. The van der Waals surface area contributed by atoms with Crippen molar-refractivity contribution in [1.29, 1.82) is 0 Å². The van der Waals surface area contributed by atoms with Gasteiger partial charge in [-0.15, -0.1) is 0 Å². The fraction of sp³-hybridized carbons (Fsp3) is 0.641. The fourth-order valence-electron chi connectivity index (χ4n) is 8.86. The smallest absolute Gasteiger partial charge is 0.314 e. The second kappa shape index (κ2) is 12.8. The van der Waals surface area contributed by atoms with Gasteiger partial charge in [0.05, 0.1) is 11.8 Å². The maximum atomic E-state index is 13.4. The third kappa shape index (κ3) is 6.05. The highest BCUT2D eigenvalue weighted by Crippen LogP contribution is 2.51. The van der Waals surface area contributed by atoms with E-state index >= 15 is 0 Å². The van der Waals surface area contributed by atoms with E-state index in [1.54, 1.807) is 0 Å². The first-order chi connectivity index (χ1) is 20.5. The van der Waals surface area contributed by atoms with E-state index in [4.69, 9.17) is 9.47 Å². The van der Waals surface area contributed by atoms with Crippen molar-refractivity contribution >= 4 is 11.9 Å². The molecule has 0 aliphatic heterocycles. The number of fused-ring (bicyclic) bond motifs is 3. The molecule has 0 heterocycles. The van der Waals surface area contributed by atoms with E-state index in [1.807, 2.05) is 24.3 Å². The van der Waals surface area contributed by atoms with Gasteiger partial charge in [0.25, 0.3) is 0 Å². The molecule has 0 spiro atoms. The molecule has 8 atom stereocenters. The van der Waals surface area contributed by atoms with Crippen LogP contribution in [0.25, 0.3) is 11.1 Å². The Morgan fingerprint density at radius 1 is 0.651 bits per heavy atom. The van der Waals surface area contributed by atoms with Gasteiger partial charge in [-0.2, -0.15) is 0 Å². The summed E-state index contributed by atoms with van der Waals surface area (Å²) in [6.45, 7) is 18.0. The molecule has 3 aliphatic rings. The van der Waals surface area contributed by atoms with Crippen LogP contribution in [0.3, 0.4) is 0 Å². The minimum absolute atomic E-state index is 0.0498. The van der Waals surface area contributed by atoms with Gasteiger partial charge in [-0.25, -0.2) is 0 Å². The predicted octanol–water partition coefficient (Wildman–Crippen LogP) is 10.0. The lowest BCUT2D eigenvalue weighted by Gasteiger charge is -2.38. The number of esters is 2. The largest absolute Gasteiger partial charge is 0.426 e. The number of ether oxygens (including phenoxy) is 2. The number of carbonyl (C=O) groups is 2. The third-order valence-corrected chi connectivity index (χ3v) is 12.1. The van der Waals surface area contributed by atoms with Gasteiger partial charge in [-0.1, -0.05) is 93.2 Å². The summed E-state index contributed by atoms with van der Waals surface area (Å²) in [6, 6.07) is 12.1. The summed E-state index contributed by atoms with van der Waals surface area (Å²) in [5.41, 5.74) is 4.27. The highest BCUT2D eigenvalue weighted by molar-refractivity contribution is 5.84. The standard InChI is InChI=1S/C39H54O4/c1-9-11-27-13-17-31(25(5)23(27)3)37(40)42-29-15-19-33-34-20-16-30(22-36(34)39(7,8)35(33)21-29)43-38(41)32-18-14-28(12-10-2)24(4)26(32)6/h15-16,19-28,31-32H,9-14,17-18H2,1-8H3. The van der Waals surface area contributed by atoms with E-state index in [2.05, 4.69) is 67.5 Å². The predicted molar refractivity (Wildman–Crippen MR) is 174 cm³/mol. The molecular weight excluding hydrogens is 532 g/mol. The molecule has 2 saturated carbocycles. The van der Waals surface area contributed by atoms with Crippen LogP contribution >= 0.6 is 0 Å². The lowest BCUT2D eigenvalue weighted by molar-refractivity contribution is -0.144. The zero-order valence-corrected chi connectivity index (χ0v) is 27.9. The monoisotopic (exact) mass is 586 g/mol. The van der Waals surface area contributed by atoms with Crippen molar-refractivity contribution in [2.75, 3.05) is 0 Å². The maximum Gasteiger partial charge on any atom is 0.314 e. The molecule has 4 nitrogen and oxygen atoms in total. The molecule has 2 fully saturated rings. The molecule has 3 aliphatic carbocycles. The summed E-state index contributed by atoms with van der Waals surface area (Å²) < 4.78 is 12.1. The number of carbonyl (C=O) groups excluding carboxylic acids is 2. The van der Waals surface area contributed by atoms with Crippen molar-refractivity contribution in [1.82, 2.24) is 0 Å². The number of benzene rings is 2. The van der Waals surface area contributed by atoms with Crippen molar-refractivity contribution in [3.05, 3.63) is 47.5 Å². The summed E-state index contributed by atoms with van der Waals surface area (Å²) >= 11 is 0. The molecule has 5 rings (SSSR count). The topological polar surface area (TPSA) is 52.6 Å². The van der Waals surface area contributed by atoms with Gasteiger partial charge in [0.1, 0.15) is 11.5 Å². The number of hydrogen-bond donors (Lipinski definition) is 0. The van der Waals surface area contributed by atoms with Crippen LogP contribution in [0.2, 0.25) is 0 Å². The normalized spacial score (nSPS) is 31.2. The SMILES string of the molecule is CCCC1CCC(C(=O)Oc2ccc3c(c2)C(C)(C)c2cc(OC(=O)C4CCC(CCC)C(C)C4C)ccc2-3)C(C)C1C. The first-order valence-electron chi connectivity index (χ1n) is 17.2. The van der Waals surface area contributed by atoms with Crippen LogP contribution in [0.15, 0.2) is 36.4 Å². The minimum Gasteiger partial charge on any atom is -0.426 e. The van der Waals surface area contributed by atoms with Crippen LogP contribution in [0, 0.1) is 47.3 Å². The Morgan fingerprint density at radius 2 is 1.05 bits per heavy atom. The molecule has 0 amide bonds. The van der Waals surface area contributed by atoms with Crippen molar-refractivity contribution in [2.24, 2.45) is 47.3 Å². The first kappa shape index (κ1) is 31.8. The van der Waals surface area contributed by atoms with Gasteiger partial charge in [0.2, 0.25) is 0 Å². The number of rotatable bonds is 8. The van der Waals surface area contributed by atoms with Crippen molar-refractivity contribution < 1.29 is 19.1 Å². The Kier molecular flexibility index (Phi) is 9.45. The Labute approximate surface area is 260 Å². The van der Waals surface area contributed by atoms with Crippen LogP contribution in [-0.4, -0.2) is 11.9 Å². The highest BCUT2D eigenvalue weighted by atomic mass is 16.5. The average Bonchev–Trinajstić information content (AvgIpc) is 3.19. The van der Waals surface area contributed by atoms with E-state index < -0.39 is 0 Å². The second-order valence-corrected chi connectivity index (χ2v) is 14.8.